The monoisotopic (exact) mass is 480 g/mol. The Labute approximate surface area is 200 Å². The molecule has 2 aromatic heterocycles. The Bertz CT molecular complexity index is 1390. The lowest BCUT2D eigenvalue weighted by molar-refractivity contribution is -0.121. The zero-order valence-corrected chi connectivity index (χ0v) is 19.6. The molecule has 9 nitrogen and oxygen atoms in total. The lowest BCUT2D eigenvalue weighted by Gasteiger charge is -2.35. The van der Waals surface area contributed by atoms with Crippen LogP contribution in [0.2, 0.25) is 0 Å². The van der Waals surface area contributed by atoms with Gasteiger partial charge in [0.25, 0.3) is 17.4 Å². The van der Waals surface area contributed by atoms with Gasteiger partial charge in [0.05, 0.1) is 18.9 Å². The van der Waals surface area contributed by atoms with Gasteiger partial charge in [0.2, 0.25) is 11.6 Å². The average molecular weight is 480 g/mol. The predicted molar refractivity (Wildman–Crippen MR) is 124 cm³/mol. The lowest BCUT2D eigenvalue weighted by atomic mass is 9.86. The van der Waals surface area contributed by atoms with Gasteiger partial charge in [-0.25, -0.2) is 9.37 Å². The largest absolute Gasteiger partial charge is 0.481 e. The fourth-order valence-electron chi connectivity index (χ4n) is 5.08. The van der Waals surface area contributed by atoms with Crippen LogP contribution >= 0.6 is 0 Å². The number of H-pyrrole nitrogens is 1. The van der Waals surface area contributed by atoms with Crippen LogP contribution in [0.25, 0.3) is 0 Å². The molecule has 2 aliphatic rings. The summed E-state index contributed by atoms with van der Waals surface area (Å²) in [6.45, 7) is 4.16. The van der Waals surface area contributed by atoms with Crippen LogP contribution in [-0.4, -0.2) is 40.5 Å². The molecule has 0 unspecified atom stereocenters. The van der Waals surface area contributed by atoms with E-state index in [4.69, 9.17) is 9.26 Å². The number of aryl methyl sites for hydroxylation is 1. The quantitative estimate of drug-likeness (QED) is 0.593. The van der Waals surface area contributed by atoms with Gasteiger partial charge in [-0.3, -0.25) is 14.4 Å². The van der Waals surface area contributed by atoms with Crippen molar-refractivity contribution in [2.75, 3.05) is 19.0 Å². The topological polar surface area (TPSA) is 118 Å². The zero-order valence-electron chi connectivity index (χ0n) is 19.6. The SMILES string of the molecule is COc1ccc2c(n1)CCN(C(=O)c1cc(=O)[nH]o1)[C@H]2C(=O)Nc1cc(F)c2c(c1)CCC2(C)C. The van der Waals surface area contributed by atoms with Gasteiger partial charge in [-0.1, -0.05) is 13.8 Å². The number of anilines is 1. The maximum atomic E-state index is 15.0. The number of pyridine rings is 1. The van der Waals surface area contributed by atoms with Crippen molar-refractivity contribution in [3.05, 3.63) is 74.6 Å². The number of carbonyl (C=O) groups is 2. The van der Waals surface area contributed by atoms with Crippen LogP contribution in [0.3, 0.4) is 0 Å². The summed E-state index contributed by atoms with van der Waals surface area (Å²) in [5, 5.41) is 4.88. The Morgan fingerprint density at radius 1 is 1.26 bits per heavy atom. The van der Waals surface area contributed by atoms with E-state index in [-0.39, 0.29) is 23.5 Å². The van der Waals surface area contributed by atoms with Crippen molar-refractivity contribution >= 4 is 17.5 Å². The molecule has 3 aromatic rings. The first kappa shape index (κ1) is 22.8. The first-order chi connectivity index (χ1) is 16.7. The average Bonchev–Trinajstić information content (AvgIpc) is 3.39. The van der Waals surface area contributed by atoms with E-state index < -0.39 is 23.4 Å². The summed E-state index contributed by atoms with van der Waals surface area (Å²) in [4.78, 5) is 44.0. The van der Waals surface area contributed by atoms with Crippen molar-refractivity contribution < 1.29 is 23.2 Å². The van der Waals surface area contributed by atoms with E-state index in [0.717, 1.165) is 24.5 Å². The second-order valence-electron chi connectivity index (χ2n) is 9.48. The van der Waals surface area contributed by atoms with Gasteiger partial charge < -0.3 is 19.5 Å². The fourth-order valence-corrected chi connectivity index (χ4v) is 5.08. The van der Waals surface area contributed by atoms with Gasteiger partial charge in [0.15, 0.2) is 0 Å². The number of carbonyl (C=O) groups excluding carboxylic acids is 2. The highest BCUT2D eigenvalue weighted by molar-refractivity contribution is 6.01. The molecule has 2 amide bonds. The van der Waals surface area contributed by atoms with Gasteiger partial charge in [-0.05, 0) is 47.6 Å². The maximum Gasteiger partial charge on any atom is 0.293 e. The summed E-state index contributed by atoms with van der Waals surface area (Å²) < 4.78 is 25.2. The first-order valence-electron chi connectivity index (χ1n) is 11.3. The summed E-state index contributed by atoms with van der Waals surface area (Å²) in [5.41, 5.74) is 2.16. The minimum Gasteiger partial charge on any atom is -0.481 e. The maximum absolute atomic E-state index is 15.0. The van der Waals surface area contributed by atoms with Crippen molar-refractivity contribution in [3.63, 3.8) is 0 Å². The molecule has 0 saturated carbocycles. The van der Waals surface area contributed by atoms with Gasteiger partial charge >= 0.3 is 0 Å². The van der Waals surface area contributed by atoms with E-state index >= 15 is 4.39 Å². The Balaban J connectivity index is 1.51. The third-order valence-electron chi connectivity index (χ3n) is 6.77. The highest BCUT2D eigenvalue weighted by atomic mass is 19.1. The van der Waals surface area contributed by atoms with Gasteiger partial charge in [-0.2, -0.15) is 5.16 Å². The van der Waals surface area contributed by atoms with Gasteiger partial charge in [-0.15, -0.1) is 0 Å². The molecule has 1 aliphatic carbocycles. The fraction of sp³-hybridized carbons (Fsp3) is 0.360. The van der Waals surface area contributed by atoms with E-state index in [9.17, 15) is 14.4 Å². The molecular formula is C25H25FN4O5. The number of nitrogens with one attached hydrogen (secondary N) is 2. The molecule has 182 valence electrons. The molecule has 10 heteroatoms. The van der Waals surface area contributed by atoms with E-state index in [1.807, 2.05) is 13.8 Å². The van der Waals surface area contributed by atoms with Crippen molar-refractivity contribution in [1.29, 1.82) is 0 Å². The highest BCUT2D eigenvalue weighted by Gasteiger charge is 2.39. The summed E-state index contributed by atoms with van der Waals surface area (Å²) in [7, 11) is 1.50. The van der Waals surface area contributed by atoms with Crippen molar-refractivity contribution in [2.45, 2.75) is 44.6 Å². The third kappa shape index (κ3) is 3.98. The van der Waals surface area contributed by atoms with Crippen LogP contribution in [-0.2, 0) is 23.1 Å². The summed E-state index contributed by atoms with van der Waals surface area (Å²) in [5.74, 6) is -1.32. The number of amides is 2. The molecule has 1 atom stereocenters. The molecule has 3 heterocycles. The number of hydrogen-bond acceptors (Lipinski definition) is 6. The van der Waals surface area contributed by atoms with Crippen molar-refractivity contribution in [3.8, 4) is 5.88 Å². The minimum absolute atomic E-state index is 0.158. The Hall–Kier alpha value is -3.95. The van der Waals surface area contributed by atoms with Crippen LogP contribution < -0.4 is 15.6 Å². The normalized spacial score (nSPS) is 18.1. The van der Waals surface area contributed by atoms with E-state index in [1.165, 1.54) is 18.1 Å². The van der Waals surface area contributed by atoms with Gasteiger partial charge in [0, 0.05) is 30.3 Å². The number of aromatic nitrogens is 2. The first-order valence-corrected chi connectivity index (χ1v) is 11.3. The van der Waals surface area contributed by atoms with Crippen molar-refractivity contribution in [1.82, 2.24) is 15.0 Å². The van der Waals surface area contributed by atoms with E-state index in [0.29, 0.717) is 34.8 Å². The van der Waals surface area contributed by atoms with E-state index in [2.05, 4.69) is 15.5 Å². The van der Waals surface area contributed by atoms with Gasteiger partial charge in [0.1, 0.15) is 11.9 Å². The minimum atomic E-state index is -1.07. The molecule has 0 fully saturated rings. The second-order valence-corrected chi connectivity index (χ2v) is 9.48. The molecule has 1 aromatic carbocycles. The molecule has 0 radical (unpaired) electrons. The number of benzene rings is 1. The number of rotatable bonds is 4. The Morgan fingerprint density at radius 3 is 2.77 bits per heavy atom. The highest BCUT2D eigenvalue weighted by Crippen LogP contribution is 2.41. The molecule has 1 aliphatic heterocycles. The summed E-state index contributed by atoms with van der Waals surface area (Å²) >= 11 is 0. The second kappa shape index (κ2) is 8.37. The van der Waals surface area contributed by atoms with E-state index in [1.54, 1.807) is 18.2 Å². The van der Waals surface area contributed by atoms with Crippen LogP contribution in [0.5, 0.6) is 5.88 Å². The molecule has 2 N–H and O–H groups in total. The zero-order chi connectivity index (χ0) is 24.9. The number of ether oxygens (including phenoxy) is 1. The smallest absolute Gasteiger partial charge is 0.293 e. The molecule has 5 rings (SSSR count). The number of halogens is 1. The van der Waals surface area contributed by atoms with Crippen LogP contribution in [0.15, 0.2) is 39.6 Å². The number of nitrogens with zero attached hydrogens (tertiary/aromatic N) is 2. The summed E-state index contributed by atoms with van der Waals surface area (Å²) in [6.07, 6.45) is 1.92. The van der Waals surface area contributed by atoms with Crippen LogP contribution in [0.4, 0.5) is 10.1 Å². The number of aromatic amines is 1. The Morgan fingerprint density at radius 2 is 2.06 bits per heavy atom. The molecule has 0 spiro atoms. The number of methoxy groups -OCH3 is 1. The lowest BCUT2D eigenvalue weighted by Crippen LogP contribution is -2.45. The molecule has 35 heavy (non-hydrogen) atoms. The van der Waals surface area contributed by atoms with Crippen LogP contribution in [0.1, 0.15) is 59.2 Å². The van der Waals surface area contributed by atoms with Crippen molar-refractivity contribution in [2.24, 2.45) is 0 Å². The molecule has 0 bridgehead atoms. The molecular weight excluding hydrogens is 455 g/mol. The number of hydrogen-bond donors (Lipinski definition) is 2. The third-order valence-corrected chi connectivity index (χ3v) is 6.77. The predicted octanol–water partition coefficient (Wildman–Crippen LogP) is 3.11. The van der Waals surface area contributed by atoms with Crippen LogP contribution in [0, 0.1) is 5.82 Å². The number of fused-ring (bicyclic) bond motifs is 2. The summed E-state index contributed by atoms with van der Waals surface area (Å²) in [6, 6.07) is 6.37. The standard InChI is InChI=1S/C25H25FN4O5/c1-25(2)8-6-13-10-14(11-16(26)21(13)25)27-23(32)22-15-4-5-20(34-3)28-17(15)7-9-30(22)24(33)18-12-19(31)29-35-18/h4-5,10-12,22H,6-9H2,1-3H3,(H,27,32)(H,29,31)/t22-/m1/s1. The molecule has 0 saturated heterocycles. The Kier molecular flexibility index (Phi) is 5.46.